The summed E-state index contributed by atoms with van der Waals surface area (Å²) in [6.07, 6.45) is 3.36. The second-order valence-electron chi connectivity index (χ2n) is 3.66. The fraction of sp³-hybridized carbons (Fsp3) is 0.818. The first-order valence-corrected chi connectivity index (χ1v) is 6.06. The molecule has 0 rings (SSSR count). The van der Waals surface area contributed by atoms with E-state index in [1.54, 1.807) is 0 Å². The highest BCUT2D eigenvalue weighted by Gasteiger charge is 2.00. The molecular weight excluding hydrogens is 222 g/mol. The van der Waals surface area contributed by atoms with Gasteiger partial charge in [0.25, 0.3) is 0 Å². The molecule has 0 aromatic heterocycles. The number of rotatable bonds is 10. The van der Waals surface area contributed by atoms with Crippen molar-refractivity contribution in [3.8, 4) is 0 Å². The molecule has 0 aliphatic carbocycles. The van der Waals surface area contributed by atoms with E-state index in [0.717, 1.165) is 25.8 Å². The second kappa shape index (κ2) is 11.2. The van der Waals surface area contributed by atoms with Crippen molar-refractivity contribution in [1.82, 2.24) is 10.6 Å². The van der Waals surface area contributed by atoms with Crippen LogP contribution in [0.25, 0.3) is 0 Å². The summed E-state index contributed by atoms with van der Waals surface area (Å²) in [5, 5.41) is 5.66. The monoisotopic (exact) mass is 245 g/mol. The van der Waals surface area contributed by atoms with Gasteiger partial charge in [0.1, 0.15) is 0 Å². The molecule has 100 valence electrons. The number of ether oxygens (including phenoxy) is 1. The minimum Gasteiger partial charge on any atom is -0.466 e. The van der Waals surface area contributed by atoms with Crippen LogP contribution in [-0.4, -0.2) is 38.2 Å². The minimum absolute atomic E-state index is 0.119. The van der Waals surface area contributed by atoms with Gasteiger partial charge in [0.05, 0.1) is 6.61 Å². The van der Waals surface area contributed by atoms with E-state index in [1.165, 1.54) is 0 Å². The molecule has 2 amide bonds. The van der Waals surface area contributed by atoms with Crippen molar-refractivity contribution in [2.24, 2.45) is 5.73 Å². The summed E-state index contributed by atoms with van der Waals surface area (Å²) in [7, 11) is 0. The summed E-state index contributed by atoms with van der Waals surface area (Å²) >= 11 is 0. The van der Waals surface area contributed by atoms with Gasteiger partial charge in [-0.25, -0.2) is 4.79 Å². The van der Waals surface area contributed by atoms with Gasteiger partial charge in [-0.2, -0.15) is 0 Å². The quantitative estimate of drug-likeness (QED) is 0.383. The Balaban J connectivity index is 3.08. The highest BCUT2D eigenvalue weighted by Crippen LogP contribution is 2.00. The van der Waals surface area contributed by atoms with Crippen LogP contribution in [0.4, 0.5) is 4.79 Å². The van der Waals surface area contributed by atoms with E-state index in [9.17, 15) is 9.59 Å². The van der Waals surface area contributed by atoms with E-state index in [2.05, 4.69) is 10.6 Å². The number of amides is 2. The normalized spacial score (nSPS) is 9.94. The van der Waals surface area contributed by atoms with Crippen LogP contribution >= 0.6 is 0 Å². The molecule has 0 unspecified atom stereocenters. The van der Waals surface area contributed by atoms with Gasteiger partial charge in [-0.3, -0.25) is 4.79 Å². The van der Waals surface area contributed by atoms with E-state index in [0.29, 0.717) is 26.1 Å². The van der Waals surface area contributed by atoms with Gasteiger partial charge in [-0.15, -0.1) is 0 Å². The molecule has 0 radical (unpaired) electrons. The lowest BCUT2D eigenvalue weighted by atomic mass is 10.2. The van der Waals surface area contributed by atoms with Crippen LogP contribution in [0, 0.1) is 0 Å². The fourth-order valence-electron chi connectivity index (χ4n) is 1.33. The maximum Gasteiger partial charge on any atom is 0.312 e. The Bertz CT molecular complexity index is 222. The van der Waals surface area contributed by atoms with Crippen molar-refractivity contribution in [2.45, 2.75) is 32.6 Å². The minimum atomic E-state index is -0.499. The van der Waals surface area contributed by atoms with E-state index in [1.807, 2.05) is 6.92 Å². The van der Waals surface area contributed by atoms with Crippen LogP contribution in [0.5, 0.6) is 0 Å². The Morgan fingerprint density at radius 2 is 1.88 bits per heavy atom. The smallest absolute Gasteiger partial charge is 0.312 e. The maximum absolute atomic E-state index is 11.0. The van der Waals surface area contributed by atoms with E-state index in [-0.39, 0.29) is 5.97 Å². The third-order valence-corrected chi connectivity index (χ3v) is 2.14. The number of nitrogens with two attached hydrogens (primary N) is 1. The molecule has 0 aromatic carbocycles. The molecule has 0 atom stereocenters. The molecule has 6 heteroatoms. The van der Waals surface area contributed by atoms with E-state index in [4.69, 9.17) is 10.5 Å². The predicted octanol–water partition coefficient (Wildman–Crippen LogP) is 0.368. The van der Waals surface area contributed by atoms with Gasteiger partial charge < -0.3 is 21.1 Å². The average Bonchev–Trinajstić information content (AvgIpc) is 2.27. The molecule has 0 bridgehead atoms. The molecule has 4 N–H and O–H groups in total. The molecule has 0 heterocycles. The Morgan fingerprint density at radius 1 is 1.12 bits per heavy atom. The summed E-state index contributed by atoms with van der Waals surface area (Å²) in [6, 6.07) is -0.499. The first kappa shape index (κ1) is 15.7. The van der Waals surface area contributed by atoms with Crippen molar-refractivity contribution < 1.29 is 14.3 Å². The van der Waals surface area contributed by atoms with Crippen LogP contribution in [0.3, 0.4) is 0 Å². The van der Waals surface area contributed by atoms with Crippen molar-refractivity contribution in [2.75, 3.05) is 26.2 Å². The van der Waals surface area contributed by atoms with Crippen molar-refractivity contribution >= 4 is 12.0 Å². The number of hydrogen-bond acceptors (Lipinski definition) is 4. The number of carbonyl (C=O) groups is 2. The number of urea groups is 1. The zero-order chi connectivity index (χ0) is 12.9. The van der Waals surface area contributed by atoms with Crippen molar-refractivity contribution in [3.05, 3.63) is 0 Å². The van der Waals surface area contributed by atoms with Crippen LogP contribution in [0.15, 0.2) is 0 Å². The first-order valence-electron chi connectivity index (χ1n) is 6.06. The topological polar surface area (TPSA) is 93.4 Å². The number of esters is 1. The lowest BCUT2D eigenvalue weighted by Gasteiger charge is -2.05. The van der Waals surface area contributed by atoms with Crippen LogP contribution in [-0.2, 0) is 9.53 Å². The SMILES string of the molecule is CCOC(=O)CCCCCNCCNC(N)=O. The number of unbranched alkanes of at least 4 members (excludes halogenated alkanes) is 2. The number of nitrogens with one attached hydrogen (secondary N) is 2. The molecule has 0 saturated heterocycles. The molecule has 0 aliphatic rings. The van der Waals surface area contributed by atoms with Crippen LogP contribution < -0.4 is 16.4 Å². The second-order valence-corrected chi connectivity index (χ2v) is 3.66. The van der Waals surface area contributed by atoms with Gasteiger partial charge in [0.15, 0.2) is 0 Å². The molecule has 0 saturated carbocycles. The van der Waals surface area contributed by atoms with E-state index < -0.39 is 6.03 Å². The highest BCUT2D eigenvalue weighted by atomic mass is 16.5. The Kier molecular flexibility index (Phi) is 10.3. The molecular formula is C11H23N3O3. The molecule has 17 heavy (non-hydrogen) atoms. The van der Waals surface area contributed by atoms with Crippen LogP contribution in [0.1, 0.15) is 32.6 Å². The van der Waals surface area contributed by atoms with Gasteiger partial charge in [0.2, 0.25) is 0 Å². The Hall–Kier alpha value is -1.30. The van der Waals surface area contributed by atoms with Gasteiger partial charge in [-0.05, 0) is 26.3 Å². The lowest BCUT2D eigenvalue weighted by molar-refractivity contribution is -0.143. The average molecular weight is 245 g/mol. The largest absolute Gasteiger partial charge is 0.466 e. The van der Waals surface area contributed by atoms with Crippen LogP contribution in [0.2, 0.25) is 0 Å². The zero-order valence-corrected chi connectivity index (χ0v) is 10.5. The predicted molar refractivity (Wildman–Crippen MR) is 65.6 cm³/mol. The zero-order valence-electron chi connectivity index (χ0n) is 10.5. The van der Waals surface area contributed by atoms with Gasteiger partial charge in [-0.1, -0.05) is 6.42 Å². The third kappa shape index (κ3) is 12.6. The Morgan fingerprint density at radius 3 is 2.53 bits per heavy atom. The molecule has 0 aliphatic heterocycles. The number of carbonyl (C=O) groups excluding carboxylic acids is 2. The molecule has 0 aromatic rings. The standard InChI is InChI=1S/C11H23N3O3/c1-2-17-10(15)6-4-3-5-7-13-8-9-14-11(12)16/h13H,2-9H2,1H3,(H3,12,14,16). The van der Waals surface area contributed by atoms with E-state index >= 15 is 0 Å². The summed E-state index contributed by atoms with van der Waals surface area (Å²) in [5.74, 6) is -0.119. The maximum atomic E-state index is 11.0. The number of primary amides is 1. The third-order valence-electron chi connectivity index (χ3n) is 2.14. The molecule has 0 spiro atoms. The van der Waals surface area contributed by atoms with Crippen molar-refractivity contribution in [1.29, 1.82) is 0 Å². The summed E-state index contributed by atoms with van der Waals surface area (Å²) in [4.78, 5) is 21.3. The van der Waals surface area contributed by atoms with Gasteiger partial charge in [0, 0.05) is 19.5 Å². The highest BCUT2D eigenvalue weighted by molar-refractivity contribution is 5.71. The Labute approximate surface area is 102 Å². The first-order chi connectivity index (χ1) is 8.16. The lowest BCUT2D eigenvalue weighted by Crippen LogP contribution is -2.35. The van der Waals surface area contributed by atoms with Gasteiger partial charge >= 0.3 is 12.0 Å². The summed E-state index contributed by atoms with van der Waals surface area (Å²) in [6.45, 7) is 4.39. The summed E-state index contributed by atoms with van der Waals surface area (Å²) < 4.78 is 4.82. The summed E-state index contributed by atoms with van der Waals surface area (Å²) in [5.41, 5.74) is 4.90. The fourth-order valence-corrected chi connectivity index (χ4v) is 1.33. The molecule has 0 fully saturated rings. The molecule has 6 nitrogen and oxygen atoms in total. The number of hydrogen-bond donors (Lipinski definition) is 3. The van der Waals surface area contributed by atoms with Crippen molar-refractivity contribution in [3.63, 3.8) is 0 Å².